The van der Waals surface area contributed by atoms with Crippen molar-refractivity contribution in [3.05, 3.63) is 58.7 Å². The molecule has 0 aromatic heterocycles. The lowest BCUT2D eigenvalue weighted by molar-refractivity contribution is 0.0971. The molecule has 0 saturated heterocycles. The van der Waals surface area contributed by atoms with Gasteiger partial charge in [-0.1, -0.05) is 154 Å². The highest BCUT2D eigenvalue weighted by Crippen LogP contribution is 2.39. The molecule has 4 nitrogen and oxygen atoms in total. The average molecular weight is 577 g/mol. The molecule has 0 bridgehead atoms. The van der Waals surface area contributed by atoms with E-state index in [4.69, 9.17) is 9.47 Å². The van der Waals surface area contributed by atoms with Crippen LogP contribution in [0.2, 0.25) is 0 Å². The number of ether oxygens (including phenoxy) is 2. The molecule has 0 spiro atoms. The number of hydrogen-bond donors (Lipinski definition) is 0. The zero-order valence-electron chi connectivity index (χ0n) is 26.7. The summed E-state index contributed by atoms with van der Waals surface area (Å²) in [6, 6.07) is 10.7. The summed E-state index contributed by atoms with van der Waals surface area (Å²) in [7, 11) is 0. The van der Waals surface area contributed by atoms with E-state index in [0.717, 1.165) is 25.7 Å². The second-order valence-electron chi connectivity index (χ2n) is 12.1. The fourth-order valence-electron chi connectivity index (χ4n) is 5.95. The van der Waals surface area contributed by atoms with Gasteiger partial charge in [0.05, 0.1) is 24.3 Å². The van der Waals surface area contributed by atoms with Gasteiger partial charge in [0.2, 0.25) is 0 Å². The van der Waals surface area contributed by atoms with E-state index >= 15 is 0 Å². The van der Waals surface area contributed by atoms with Crippen LogP contribution in [0.15, 0.2) is 36.4 Å². The molecule has 232 valence electrons. The maximum atomic E-state index is 13.6. The molecule has 0 heterocycles. The third-order valence-electron chi connectivity index (χ3n) is 8.51. The SMILES string of the molecule is CCCCCCCCCCCCOc1ccc(OCCCCCCCCCCCC)c2c1C(=O)c1ccccc1C2=O. The van der Waals surface area contributed by atoms with Gasteiger partial charge in [0.1, 0.15) is 11.5 Å². The van der Waals surface area contributed by atoms with Gasteiger partial charge in [-0.3, -0.25) is 9.59 Å². The number of rotatable bonds is 24. The Morgan fingerprint density at radius 1 is 0.429 bits per heavy atom. The van der Waals surface area contributed by atoms with Gasteiger partial charge < -0.3 is 9.47 Å². The van der Waals surface area contributed by atoms with Gasteiger partial charge in [-0.25, -0.2) is 0 Å². The van der Waals surface area contributed by atoms with E-state index < -0.39 is 0 Å². The number of carbonyl (C=O) groups excluding carboxylic acids is 2. The summed E-state index contributed by atoms with van der Waals surface area (Å²) < 4.78 is 12.3. The summed E-state index contributed by atoms with van der Waals surface area (Å²) in [5.74, 6) is 0.699. The van der Waals surface area contributed by atoms with Crippen LogP contribution in [0.1, 0.15) is 174 Å². The van der Waals surface area contributed by atoms with Crippen LogP contribution in [0.3, 0.4) is 0 Å². The zero-order chi connectivity index (χ0) is 29.8. The molecule has 42 heavy (non-hydrogen) atoms. The van der Waals surface area contributed by atoms with Crippen LogP contribution in [-0.2, 0) is 0 Å². The maximum Gasteiger partial charge on any atom is 0.198 e. The summed E-state index contributed by atoms with van der Waals surface area (Å²) in [5, 5.41) is 0. The molecule has 0 saturated carbocycles. The lowest BCUT2D eigenvalue weighted by Crippen LogP contribution is -2.23. The third-order valence-corrected chi connectivity index (χ3v) is 8.51. The van der Waals surface area contributed by atoms with Gasteiger partial charge in [-0.15, -0.1) is 0 Å². The monoisotopic (exact) mass is 576 g/mol. The highest BCUT2D eigenvalue weighted by Gasteiger charge is 2.35. The second kappa shape index (κ2) is 20.3. The Hall–Kier alpha value is -2.62. The van der Waals surface area contributed by atoms with Crippen molar-refractivity contribution in [1.82, 2.24) is 0 Å². The minimum atomic E-state index is -0.150. The number of unbranched alkanes of at least 4 members (excludes halogenated alkanes) is 18. The quantitative estimate of drug-likeness (QED) is 0.0995. The molecule has 1 aliphatic carbocycles. The van der Waals surface area contributed by atoms with Gasteiger partial charge in [-0.05, 0) is 25.0 Å². The highest BCUT2D eigenvalue weighted by molar-refractivity contribution is 6.30. The lowest BCUT2D eigenvalue weighted by Gasteiger charge is -2.23. The summed E-state index contributed by atoms with van der Waals surface area (Å²) in [4.78, 5) is 27.2. The normalized spacial score (nSPS) is 12.3. The minimum Gasteiger partial charge on any atom is -0.493 e. The molecule has 0 fully saturated rings. The summed E-state index contributed by atoms with van der Waals surface area (Å²) in [6.07, 6.45) is 25.2. The summed E-state index contributed by atoms with van der Waals surface area (Å²) in [5.41, 5.74) is 1.63. The van der Waals surface area contributed by atoms with Gasteiger partial charge in [0.25, 0.3) is 0 Å². The first-order valence-electron chi connectivity index (χ1n) is 17.3. The van der Waals surface area contributed by atoms with Crippen molar-refractivity contribution in [1.29, 1.82) is 0 Å². The average Bonchev–Trinajstić information content (AvgIpc) is 3.01. The number of ketones is 2. The van der Waals surface area contributed by atoms with Crippen molar-refractivity contribution in [3.63, 3.8) is 0 Å². The van der Waals surface area contributed by atoms with Crippen LogP contribution >= 0.6 is 0 Å². The topological polar surface area (TPSA) is 52.6 Å². The smallest absolute Gasteiger partial charge is 0.198 e. The maximum absolute atomic E-state index is 13.6. The van der Waals surface area contributed by atoms with Gasteiger partial charge in [-0.2, -0.15) is 0 Å². The molecule has 1 aliphatic rings. The van der Waals surface area contributed by atoms with Crippen LogP contribution in [0.4, 0.5) is 0 Å². The molecule has 2 aromatic carbocycles. The van der Waals surface area contributed by atoms with Crippen molar-refractivity contribution >= 4 is 11.6 Å². The zero-order valence-corrected chi connectivity index (χ0v) is 26.7. The number of hydrogen-bond acceptors (Lipinski definition) is 4. The van der Waals surface area contributed by atoms with Crippen molar-refractivity contribution in [3.8, 4) is 11.5 Å². The van der Waals surface area contributed by atoms with Crippen molar-refractivity contribution in [2.75, 3.05) is 13.2 Å². The van der Waals surface area contributed by atoms with E-state index in [1.165, 1.54) is 103 Å². The molecule has 0 N–H and O–H groups in total. The number of carbonyl (C=O) groups is 2. The van der Waals surface area contributed by atoms with Crippen LogP contribution in [0, 0.1) is 0 Å². The summed E-state index contributed by atoms with van der Waals surface area (Å²) >= 11 is 0. The molecule has 0 unspecified atom stereocenters. The molecule has 4 heteroatoms. The standard InChI is InChI=1S/C38H56O4/c1-3-5-7-9-11-13-15-17-19-23-29-41-33-27-28-34(42-30-24-20-18-16-14-12-10-8-6-4-2)36-35(33)37(39)31-25-21-22-26-32(31)38(36)40/h21-22,25-28H,3-20,23-24,29-30H2,1-2H3. The summed E-state index contributed by atoms with van der Waals surface area (Å²) in [6.45, 7) is 5.61. The van der Waals surface area contributed by atoms with E-state index in [0.29, 0.717) is 47.0 Å². The van der Waals surface area contributed by atoms with Crippen molar-refractivity contribution in [2.45, 2.75) is 142 Å². The predicted molar refractivity (Wildman–Crippen MR) is 174 cm³/mol. The molecule has 0 radical (unpaired) electrons. The second-order valence-corrected chi connectivity index (χ2v) is 12.1. The molecular formula is C38H56O4. The van der Waals surface area contributed by atoms with Crippen LogP contribution in [0.25, 0.3) is 0 Å². The Kier molecular flexibility index (Phi) is 16.4. The van der Waals surface area contributed by atoms with Gasteiger partial charge in [0, 0.05) is 11.1 Å². The fourth-order valence-corrected chi connectivity index (χ4v) is 5.95. The van der Waals surface area contributed by atoms with E-state index in [1.54, 1.807) is 12.1 Å². The Balaban J connectivity index is 1.50. The lowest BCUT2D eigenvalue weighted by atomic mass is 9.83. The van der Waals surface area contributed by atoms with Crippen LogP contribution in [0.5, 0.6) is 11.5 Å². The Morgan fingerprint density at radius 3 is 1.07 bits per heavy atom. The fraction of sp³-hybridized carbons (Fsp3) is 0.632. The van der Waals surface area contributed by atoms with Gasteiger partial charge >= 0.3 is 0 Å². The number of benzene rings is 2. The van der Waals surface area contributed by atoms with Gasteiger partial charge in [0.15, 0.2) is 11.6 Å². The number of fused-ring (bicyclic) bond motifs is 2. The largest absolute Gasteiger partial charge is 0.493 e. The van der Waals surface area contributed by atoms with E-state index in [2.05, 4.69) is 13.8 Å². The molecule has 2 aromatic rings. The molecule has 3 rings (SSSR count). The van der Waals surface area contributed by atoms with Crippen molar-refractivity contribution in [2.24, 2.45) is 0 Å². The Labute approximate surface area is 256 Å². The third kappa shape index (κ3) is 10.9. The Bertz CT molecular complexity index is 989. The first-order chi connectivity index (χ1) is 20.7. The van der Waals surface area contributed by atoms with Crippen LogP contribution in [-0.4, -0.2) is 24.8 Å². The first-order valence-corrected chi connectivity index (χ1v) is 17.3. The van der Waals surface area contributed by atoms with E-state index in [9.17, 15) is 9.59 Å². The Morgan fingerprint density at radius 2 is 0.738 bits per heavy atom. The van der Waals surface area contributed by atoms with Crippen LogP contribution < -0.4 is 9.47 Å². The van der Waals surface area contributed by atoms with E-state index in [-0.39, 0.29) is 11.6 Å². The van der Waals surface area contributed by atoms with E-state index in [1.807, 2.05) is 24.3 Å². The highest BCUT2D eigenvalue weighted by atomic mass is 16.5. The van der Waals surface area contributed by atoms with Crippen molar-refractivity contribution < 1.29 is 19.1 Å². The minimum absolute atomic E-state index is 0.150. The molecule has 0 aliphatic heterocycles. The molecular weight excluding hydrogens is 520 g/mol. The first kappa shape index (κ1) is 33.9. The molecule has 0 amide bonds. The predicted octanol–water partition coefficient (Wildman–Crippen LogP) is 11.1. The molecule has 0 atom stereocenters.